The van der Waals surface area contributed by atoms with Crippen LogP contribution in [0.2, 0.25) is 0 Å². The third-order valence-electron chi connectivity index (χ3n) is 3.37. The van der Waals surface area contributed by atoms with Crippen molar-refractivity contribution >= 4 is 28.7 Å². The number of para-hydroxylation sites is 1. The summed E-state index contributed by atoms with van der Waals surface area (Å²) in [6.07, 6.45) is 5.64. The lowest BCUT2D eigenvalue weighted by Gasteiger charge is -2.03. The lowest BCUT2D eigenvalue weighted by Crippen LogP contribution is -2.16. The number of carboxylic acids is 1. The lowest BCUT2D eigenvalue weighted by atomic mass is 10.1. The second kappa shape index (κ2) is 8.10. The minimum Gasteiger partial charge on any atom is -0.478 e. The molecule has 0 saturated heterocycles. The Balaban J connectivity index is 1.92. The molecule has 0 radical (unpaired) electrons. The molecular weight excluding hydrogens is 286 g/mol. The molecule has 21 heavy (non-hydrogen) atoms. The molecule has 0 fully saturated rings. The predicted molar refractivity (Wildman–Crippen MR) is 87.1 cm³/mol. The summed E-state index contributed by atoms with van der Waals surface area (Å²) in [4.78, 5) is 11.4. The fraction of sp³-hybridized carbons (Fsp3) is 0.438. The van der Waals surface area contributed by atoms with Gasteiger partial charge in [-0.3, -0.25) is 0 Å². The van der Waals surface area contributed by atoms with Crippen molar-refractivity contribution in [1.29, 1.82) is 0 Å². The lowest BCUT2D eigenvalue weighted by molar-refractivity contribution is 0.0696. The van der Waals surface area contributed by atoms with Crippen LogP contribution in [0, 0.1) is 0 Å². The van der Waals surface area contributed by atoms with Gasteiger partial charge in [0.05, 0.1) is 6.54 Å². The van der Waals surface area contributed by atoms with E-state index < -0.39 is 5.97 Å². The van der Waals surface area contributed by atoms with E-state index in [1.807, 2.05) is 23.9 Å². The number of carboxylic acid groups (broad SMARTS) is 1. The zero-order chi connectivity index (χ0) is 15.1. The van der Waals surface area contributed by atoms with E-state index in [0.717, 1.165) is 13.0 Å². The standard InChI is InChI=1S/C16H21NO3S/c1-21-10-6-2-5-9-17-11-14-15(16(18)19)12-7-3-4-8-13(12)20-14/h3-4,7-8,17H,2,5-6,9-11H2,1H3,(H,18,19). The Morgan fingerprint density at radius 2 is 2.10 bits per heavy atom. The van der Waals surface area contributed by atoms with Crippen molar-refractivity contribution in [3.63, 3.8) is 0 Å². The van der Waals surface area contributed by atoms with Crippen molar-refractivity contribution in [2.45, 2.75) is 25.8 Å². The van der Waals surface area contributed by atoms with Crippen LogP contribution in [0.5, 0.6) is 0 Å². The van der Waals surface area contributed by atoms with Crippen LogP contribution in [0.25, 0.3) is 11.0 Å². The van der Waals surface area contributed by atoms with E-state index in [1.54, 1.807) is 12.1 Å². The molecule has 0 aliphatic carbocycles. The van der Waals surface area contributed by atoms with Gasteiger partial charge in [-0.2, -0.15) is 11.8 Å². The molecule has 0 atom stereocenters. The Labute approximate surface area is 128 Å². The van der Waals surface area contributed by atoms with E-state index >= 15 is 0 Å². The van der Waals surface area contributed by atoms with Crippen LogP contribution < -0.4 is 5.32 Å². The molecule has 0 aliphatic heterocycles. The second-order valence-electron chi connectivity index (χ2n) is 4.93. The number of nitrogens with one attached hydrogen (secondary N) is 1. The van der Waals surface area contributed by atoms with E-state index in [0.29, 0.717) is 23.3 Å². The summed E-state index contributed by atoms with van der Waals surface area (Å²) in [7, 11) is 0. The monoisotopic (exact) mass is 307 g/mol. The molecule has 0 spiro atoms. The average molecular weight is 307 g/mol. The van der Waals surface area contributed by atoms with Crippen LogP contribution in [-0.2, 0) is 6.54 Å². The van der Waals surface area contributed by atoms with E-state index in [4.69, 9.17) is 4.42 Å². The minimum absolute atomic E-state index is 0.278. The molecule has 0 unspecified atom stereocenters. The number of thioether (sulfide) groups is 1. The first-order valence-electron chi connectivity index (χ1n) is 7.17. The van der Waals surface area contributed by atoms with E-state index in [2.05, 4.69) is 11.6 Å². The highest BCUT2D eigenvalue weighted by atomic mass is 32.2. The van der Waals surface area contributed by atoms with Crippen molar-refractivity contribution in [2.75, 3.05) is 18.6 Å². The molecule has 0 saturated carbocycles. The Morgan fingerprint density at radius 3 is 2.86 bits per heavy atom. The summed E-state index contributed by atoms with van der Waals surface area (Å²) >= 11 is 1.87. The number of hydrogen-bond acceptors (Lipinski definition) is 4. The second-order valence-corrected chi connectivity index (χ2v) is 5.92. The molecule has 0 amide bonds. The van der Waals surface area contributed by atoms with Gasteiger partial charge in [0, 0.05) is 5.39 Å². The van der Waals surface area contributed by atoms with E-state index in [1.165, 1.54) is 18.6 Å². The molecule has 5 heteroatoms. The number of furan rings is 1. The molecule has 2 aromatic rings. The molecule has 2 rings (SSSR count). The predicted octanol–water partition coefficient (Wildman–Crippen LogP) is 3.75. The summed E-state index contributed by atoms with van der Waals surface area (Å²) in [5.74, 6) is 0.775. The smallest absolute Gasteiger partial charge is 0.339 e. The molecule has 1 aromatic heterocycles. The normalized spacial score (nSPS) is 11.1. The van der Waals surface area contributed by atoms with Gasteiger partial charge in [0.2, 0.25) is 0 Å². The maximum absolute atomic E-state index is 11.4. The first kappa shape index (κ1) is 15.9. The summed E-state index contributed by atoms with van der Waals surface area (Å²) in [5, 5.41) is 13.3. The topological polar surface area (TPSA) is 62.5 Å². The molecule has 2 N–H and O–H groups in total. The van der Waals surface area contributed by atoms with Crippen LogP contribution in [0.4, 0.5) is 0 Å². The van der Waals surface area contributed by atoms with Crippen LogP contribution in [0.3, 0.4) is 0 Å². The maximum Gasteiger partial charge on any atom is 0.339 e. The largest absolute Gasteiger partial charge is 0.478 e. The number of fused-ring (bicyclic) bond motifs is 1. The molecule has 1 heterocycles. The van der Waals surface area contributed by atoms with Crippen molar-refractivity contribution in [3.05, 3.63) is 35.6 Å². The van der Waals surface area contributed by atoms with Gasteiger partial charge in [-0.1, -0.05) is 24.6 Å². The highest BCUT2D eigenvalue weighted by Crippen LogP contribution is 2.25. The zero-order valence-corrected chi connectivity index (χ0v) is 13.0. The van der Waals surface area contributed by atoms with Gasteiger partial charge in [-0.15, -0.1) is 0 Å². The Bertz CT molecular complexity index is 594. The van der Waals surface area contributed by atoms with Gasteiger partial charge in [-0.25, -0.2) is 4.79 Å². The average Bonchev–Trinajstić information content (AvgIpc) is 2.84. The third kappa shape index (κ3) is 4.25. The SMILES string of the molecule is CSCCCCCNCc1oc2ccccc2c1C(=O)O. The molecule has 114 valence electrons. The number of rotatable bonds is 9. The van der Waals surface area contributed by atoms with E-state index in [-0.39, 0.29) is 5.56 Å². The fourth-order valence-corrected chi connectivity index (χ4v) is 2.82. The third-order valence-corrected chi connectivity index (χ3v) is 4.07. The molecular formula is C16H21NO3S. The molecule has 1 aromatic carbocycles. The highest BCUT2D eigenvalue weighted by Gasteiger charge is 2.19. The highest BCUT2D eigenvalue weighted by molar-refractivity contribution is 7.98. The summed E-state index contributed by atoms with van der Waals surface area (Å²) < 4.78 is 5.66. The van der Waals surface area contributed by atoms with Gasteiger partial charge in [0.1, 0.15) is 16.9 Å². The first-order chi connectivity index (χ1) is 10.2. The molecule has 0 aliphatic rings. The van der Waals surface area contributed by atoms with Crippen molar-refractivity contribution in [1.82, 2.24) is 5.32 Å². The van der Waals surface area contributed by atoms with Crippen LogP contribution >= 0.6 is 11.8 Å². The van der Waals surface area contributed by atoms with Gasteiger partial charge in [-0.05, 0) is 37.5 Å². The molecule has 4 nitrogen and oxygen atoms in total. The number of unbranched alkanes of at least 4 members (excludes halogenated alkanes) is 2. The Hall–Kier alpha value is -1.46. The van der Waals surface area contributed by atoms with Crippen LogP contribution in [0.1, 0.15) is 35.4 Å². The van der Waals surface area contributed by atoms with Gasteiger partial charge in [0.25, 0.3) is 0 Å². The van der Waals surface area contributed by atoms with Crippen LogP contribution in [0.15, 0.2) is 28.7 Å². The number of hydrogen-bond donors (Lipinski definition) is 2. The maximum atomic E-state index is 11.4. The van der Waals surface area contributed by atoms with Crippen molar-refractivity contribution < 1.29 is 14.3 Å². The Morgan fingerprint density at radius 1 is 1.29 bits per heavy atom. The zero-order valence-electron chi connectivity index (χ0n) is 12.2. The summed E-state index contributed by atoms with van der Waals surface area (Å²) in [5.41, 5.74) is 0.909. The summed E-state index contributed by atoms with van der Waals surface area (Å²) in [6.45, 7) is 1.34. The van der Waals surface area contributed by atoms with Gasteiger partial charge < -0.3 is 14.8 Å². The van der Waals surface area contributed by atoms with Crippen molar-refractivity contribution in [3.8, 4) is 0 Å². The fourth-order valence-electron chi connectivity index (χ4n) is 2.33. The van der Waals surface area contributed by atoms with E-state index in [9.17, 15) is 9.90 Å². The Kier molecular flexibility index (Phi) is 6.14. The quantitative estimate of drug-likeness (QED) is 0.691. The number of aromatic carboxylic acids is 1. The van der Waals surface area contributed by atoms with Gasteiger partial charge in [0.15, 0.2) is 0 Å². The van der Waals surface area contributed by atoms with Gasteiger partial charge >= 0.3 is 5.97 Å². The van der Waals surface area contributed by atoms with Crippen molar-refractivity contribution in [2.24, 2.45) is 0 Å². The summed E-state index contributed by atoms with van der Waals surface area (Å²) in [6, 6.07) is 7.26. The van der Waals surface area contributed by atoms with Crippen LogP contribution in [-0.4, -0.2) is 29.6 Å². The first-order valence-corrected chi connectivity index (χ1v) is 8.56. The number of carbonyl (C=O) groups is 1. The number of benzene rings is 1. The minimum atomic E-state index is -0.934. The molecule has 0 bridgehead atoms.